The van der Waals surface area contributed by atoms with Crippen molar-refractivity contribution in [2.45, 2.75) is 51.2 Å². The van der Waals surface area contributed by atoms with Gasteiger partial charge in [-0.2, -0.15) is 0 Å². The quantitative estimate of drug-likeness (QED) is 0.464. The van der Waals surface area contributed by atoms with E-state index < -0.39 is 0 Å². The fraction of sp³-hybridized carbons (Fsp3) is 0.464. The van der Waals surface area contributed by atoms with Crippen molar-refractivity contribution < 1.29 is 9.53 Å². The third kappa shape index (κ3) is 3.20. The van der Waals surface area contributed by atoms with Crippen molar-refractivity contribution in [3.05, 3.63) is 41.6 Å². The molecule has 1 aromatic carbocycles. The molecule has 1 amide bonds. The number of carbonyl (C=O) groups excluding carboxylic acids is 1. The molecule has 8 heteroatoms. The smallest absolute Gasteiger partial charge is 0.254 e. The number of amides is 1. The fourth-order valence-corrected chi connectivity index (χ4v) is 6.42. The van der Waals surface area contributed by atoms with E-state index in [9.17, 15) is 4.79 Å². The minimum absolute atomic E-state index is 0.0209. The van der Waals surface area contributed by atoms with Gasteiger partial charge in [0.25, 0.3) is 5.91 Å². The maximum Gasteiger partial charge on any atom is 0.254 e. The van der Waals surface area contributed by atoms with E-state index >= 15 is 0 Å². The summed E-state index contributed by atoms with van der Waals surface area (Å²) < 4.78 is 10.2. The first-order valence-electron chi connectivity index (χ1n) is 13.0. The average molecular weight is 485 g/mol. The van der Waals surface area contributed by atoms with Gasteiger partial charge >= 0.3 is 0 Å². The maximum absolute atomic E-state index is 13.6. The molecule has 186 valence electrons. The minimum atomic E-state index is 0.0209. The van der Waals surface area contributed by atoms with Crippen molar-refractivity contribution in [1.82, 2.24) is 24.0 Å². The van der Waals surface area contributed by atoms with Gasteiger partial charge in [0, 0.05) is 48.9 Å². The highest BCUT2D eigenvalue weighted by Crippen LogP contribution is 2.40. The van der Waals surface area contributed by atoms with Crippen LogP contribution in [0.1, 0.15) is 41.7 Å². The molecule has 0 spiro atoms. The molecule has 0 unspecified atom stereocenters. The lowest BCUT2D eigenvalue weighted by atomic mass is 10.1. The second-order valence-electron chi connectivity index (χ2n) is 10.9. The van der Waals surface area contributed by atoms with Crippen LogP contribution >= 0.6 is 0 Å². The molecule has 2 bridgehead atoms. The van der Waals surface area contributed by atoms with Crippen molar-refractivity contribution in [1.29, 1.82) is 0 Å². The Morgan fingerprint density at radius 1 is 1.14 bits per heavy atom. The number of aryl methyl sites for hydroxylation is 2. The number of benzene rings is 1. The Bertz CT molecular complexity index is 1530. The summed E-state index contributed by atoms with van der Waals surface area (Å²) in [4.78, 5) is 25.5. The molecular formula is C28H32N6O2. The molecule has 1 saturated heterocycles. The molecule has 2 saturated carbocycles. The lowest BCUT2D eigenvalue weighted by Gasteiger charge is -2.27. The van der Waals surface area contributed by atoms with Crippen molar-refractivity contribution in [2.75, 3.05) is 13.7 Å². The molecule has 2 N–H and O–H groups in total. The Morgan fingerprint density at radius 3 is 2.67 bits per heavy atom. The molecule has 1 aliphatic heterocycles. The number of carbonyl (C=O) groups is 1. The number of fused-ring (bicyclic) bond motifs is 4. The van der Waals surface area contributed by atoms with Crippen LogP contribution in [0.2, 0.25) is 0 Å². The van der Waals surface area contributed by atoms with Crippen LogP contribution in [-0.2, 0) is 13.6 Å². The minimum Gasteiger partial charge on any atom is -0.494 e. The predicted molar refractivity (Wildman–Crippen MR) is 139 cm³/mol. The number of ether oxygens (including phenoxy) is 1. The van der Waals surface area contributed by atoms with E-state index in [0.29, 0.717) is 23.1 Å². The van der Waals surface area contributed by atoms with Gasteiger partial charge in [-0.25, -0.2) is 9.97 Å². The maximum atomic E-state index is 13.6. The number of imidazole rings is 1. The summed E-state index contributed by atoms with van der Waals surface area (Å²) in [5.41, 5.74) is 11.7. The van der Waals surface area contributed by atoms with Crippen molar-refractivity contribution in [3.8, 4) is 17.3 Å². The molecule has 7 rings (SSSR count). The largest absolute Gasteiger partial charge is 0.494 e. The topological polar surface area (TPSA) is 91.2 Å². The average Bonchev–Trinajstić information content (AvgIpc) is 3.29. The highest BCUT2D eigenvalue weighted by molar-refractivity contribution is 6.00. The highest BCUT2D eigenvalue weighted by Gasteiger charge is 2.47. The fourth-order valence-electron chi connectivity index (χ4n) is 6.42. The van der Waals surface area contributed by atoms with Crippen LogP contribution in [0.3, 0.4) is 0 Å². The summed E-state index contributed by atoms with van der Waals surface area (Å²) in [6, 6.07) is 10.4. The van der Waals surface area contributed by atoms with Crippen molar-refractivity contribution in [2.24, 2.45) is 24.6 Å². The number of pyridine rings is 1. The number of nitrogens with zero attached hydrogens (tertiary/aromatic N) is 5. The summed E-state index contributed by atoms with van der Waals surface area (Å²) in [6.07, 6.45) is 4.62. The van der Waals surface area contributed by atoms with E-state index in [2.05, 4.69) is 27.3 Å². The van der Waals surface area contributed by atoms with Gasteiger partial charge in [-0.15, -0.1) is 0 Å². The molecule has 3 aromatic heterocycles. The third-order valence-electron chi connectivity index (χ3n) is 8.57. The Balaban J connectivity index is 1.35. The number of rotatable bonds is 5. The summed E-state index contributed by atoms with van der Waals surface area (Å²) >= 11 is 0. The molecule has 3 fully saturated rings. The van der Waals surface area contributed by atoms with Gasteiger partial charge in [0.15, 0.2) is 5.82 Å². The molecule has 4 aromatic rings. The zero-order chi connectivity index (χ0) is 24.7. The summed E-state index contributed by atoms with van der Waals surface area (Å²) in [5.74, 6) is 2.64. The van der Waals surface area contributed by atoms with Crippen LogP contribution in [0, 0.1) is 18.8 Å². The highest BCUT2D eigenvalue weighted by atomic mass is 16.5. The number of hydrogen-bond acceptors (Lipinski definition) is 5. The predicted octanol–water partition coefficient (Wildman–Crippen LogP) is 3.88. The number of methoxy groups -OCH3 is 1. The Hall–Kier alpha value is -3.39. The molecule has 0 radical (unpaired) electrons. The normalized spacial score (nSPS) is 23.3. The first-order chi connectivity index (χ1) is 17.4. The number of hydrogen-bond donors (Lipinski definition) is 1. The molecule has 36 heavy (non-hydrogen) atoms. The van der Waals surface area contributed by atoms with Gasteiger partial charge in [0.1, 0.15) is 16.9 Å². The third-order valence-corrected chi connectivity index (χ3v) is 8.57. The first kappa shape index (κ1) is 21.9. The van der Waals surface area contributed by atoms with E-state index in [0.717, 1.165) is 65.2 Å². The monoisotopic (exact) mass is 484 g/mol. The second kappa shape index (κ2) is 7.80. The molecular weight excluding hydrogens is 452 g/mol. The van der Waals surface area contributed by atoms with E-state index in [4.69, 9.17) is 20.4 Å². The van der Waals surface area contributed by atoms with Gasteiger partial charge in [-0.05, 0) is 74.8 Å². The van der Waals surface area contributed by atoms with Crippen LogP contribution in [0.5, 0.6) is 5.75 Å². The Kier molecular flexibility index (Phi) is 4.74. The molecule has 2 aliphatic carbocycles. The molecule has 4 heterocycles. The van der Waals surface area contributed by atoms with Crippen LogP contribution in [0.4, 0.5) is 0 Å². The lowest BCUT2D eigenvalue weighted by Crippen LogP contribution is -2.41. The van der Waals surface area contributed by atoms with Gasteiger partial charge in [-0.3, -0.25) is 4.79 Å². The van der Waals surface area contributed by atoms with Gasteiger partial charge in [-0.1, -0.05) is 0 Å². The van der Waals surface area contributed by atoms with Crippen molar-refractivity contribution in [3.63, 3.8) is 0 Å². The van der Waals surface area contributed by atoms with E-state index in [1.165, 1.54) is 12.8 Å². The standard InChI is InChI=1S/C28H32N6O2/c1-15-4-7-17-11-22(33(26(17)30-15)13-16-5-6-16)27-31-20-10-19(12-23(36-3)25(20)32(27)2)28(35)34-14-18-8-9-21(34)24(18)29/h4,7,10-12,16,18,21,24H,5-6,8-9,13-14,29H2,1-3H3/t18-,21-,24-/m1/s1. The van der Waals surface area contributed by atoms with E-state index in [-0.39, 0.29) is 18.0 Å². The summed E-state index contributed by atoms with van der Waals surface area (Å²) in [5, 5.41) is 1.12. The number of nitrogens with two attached hydrogens (primary N) is 1. The number of likely N-dealkylation sites (tertiary alicyclic amines) is 1. The van der Waals surface area contributed by atoms with Gasteiger partial charge < -0.3 is 24.5 Å². The number of piperidine rings is 1. The lowest BCUT2D eigenvalue weighted by molar-refractivity contribution is 0.0700. The van der Waals surface area contributed by atoms with Crippen LogP contribution < -0.4 is 10.5 Å². The Morgan fingerprint density at radius 2 is 1.97 bits per heavy atom. The van der Waals surface area contributed by atoms with Crippen LogP contribution in [0.15, 0.2) is 30.3 Å². The first-order valence-corrected chi connectivity index (χ1v) is 13.0. The van der Waals surface area contributed by atoms with Crippen molar-refractivity contribution >= 4 is 28.0 Å². The summed E-state index contributed by atoms with van der Waals surface area (Å²) in [6.45, 7) is 3.72. The van der Waals surface area contributed by atoms with E-state index in [1.807, 2.05) is 31.0 Å². The SMILES string of the molecule is COc1cc(C(=O)N2C[C@H]3CC[C@@H]2[C@@H]3N)cc2nc(-c3cc4ccc(C)nc4n3CC3CC3)n(C)c12. The zero-order valence-corrected chi connectivity index (χ0v) is 21.1. The second-order valence-corrected chi connectivity index (χ2v) is 10.9. The van der Waals surface area contributed by atoms with Gasteiger partial charge in [0.05, 0.1) is 18.3 Å². The van der Waals surface area contributed by atoms with E-state index in [1.54, 1.807) is 7.11 Å². The number of aromatic nitrogens is 4. The Labute approximate surface area is 210 Å². The van der Waals surface area contributed by atoms with Crippen LogP contribution in [0.25, 0.3) is 33.6 Å². The van der Waals surface area contributed by atoms with Crippen LogP contribution in [-0.4, -0.2) is 55.6 Å². The van der Waals surface area contributed by atoms with Gasteiger partial charge in [0.2, 0.25) is 0 Å². The molecule has 3 aliphatic rings. The molecule has 3 atom stereocenters. The zero-order valence-electron chi connectivity index (χ0n) is 21.1. The summed E-state index contributed by atoms with van der Waals surface area (Å²) in [7, 11) is 3.67. The molecule has 8 nitrogen and oxygen atoms in total.